The minimum Gasteiger partial charge on any atom is -0.494 e. The highest BCUT2D eigenvalue weighted by Gasteiger charge is 2.17. The minimum atomic E-state index is 0.0308. The van der Waals surface area contributed by atoms with Crippen LogP contribution in [0.3, 0.4) is 0 Å². The van der Waals surface area contributed by atoms with Crippen LogP contribution in [0.2, 0.25) is 0 Å². The summed E-state index contributed by atoms with van der Waals surface area (Å²) in [5, 5.41) is 5.70. The molecule has 2 aromatic rings. The second-order valence-corrected chi connectivity index (χ2v) is 8.63. The van der Waals surface area contributed by atoms with Gasteiger partial charge in [-0.15, -0.1) is 11.3 Å². The van der Waals surface area contributed by atoms with Crippen LogP contribution in [0.15, 0.2) is 29.6 Å². The van der Waals surface area contributed by atoms with Gasteiger partial charge in [-0.1, -0.05) is 19.1 Å². The van der Waals surface area contributed by atoms with E-state index in [1.54, 1.807) is 0 Å². The molecule has 0 spiro atoms. The summed E-state index contributed by atoms with van der Waals surface area (Å²) >= 11 is 1.51. The molecule has 1 aliphatic rings. The van der Waals surface area contributed by atoms with Crippen molar-refractivity contribution in [3.8, 4) is 5.75 Å². The average Bonchev–Trinajstić information content (AvgIpc) is 3.10. The maximum atomic E-state index is 12.1. The maximum Gasteiger partial charge on any atom is 0.226 e. The monoisotopic (exact) mass is 401 g/mol. The van der Waals surface area contributed by atoms with Crippen molar-refractivity contribution in [2.45, 2.75) is 52.5 Å². The Kier molecular flexibility index (Phi) is 7.86. The molecule has 0 bridgehead atoms. The van der Waals surface area contributed by atoms with Gasteiger partial charge >= 0.3 is 0 Å². The molecule has 0 aliphatic carbocycles. The lowest BCUT2D eigenvalue weighted by atomic mass is 9.99. The lowest BCUT2D eigenvalue weighted by Crippen LogP contribution is -2.32. The third-order valence-corrected chi connectivity index (χ3v) is 5.92. The number of hydrogen-bond donors (Lipinski definition) is 1. The van der Waals surface area contributed by atoms with Crippen LogP contribution >= 0.6 is 11.3 Å². The zero-order valence-electron chi connectivity index (χ0n) is 16.9. The topological polar surface area (TPSA) is 54.5 Å². The van der Waals surface area contributed by atoms with Crippen molar-refractivity contribution < 1.29 is 9.53 Å². The van der Waals surface area contributed by atoms with Gasteiger partial charge in [0.15, 0.2) is 5.13 Å². The number of carbonyl (C=O) groups is 1. The number of aryl methyl sites for hydroxylation is 1. The SMILES string of the molecule is Cc1cccc(OCCCCC(=O)Nc2nc(CN3CCC(C)CC3)cs2)c1. The molecule has 0 atom stereocenters. The Hall–Kier alpha value is -1.92. The molecule has 0 unspecified atom stereocenters. The predicted molar refractivity (Wildman–Crippen MR) is 115 cm³/mol. The molecule has 0 saturated carbocycles. The molecule has 1 aliphatic heterocycles. The van der Waals surface area contributed by atoms with Gasteiger partial charge < -0.3 is 10.1 Å². The standard InChI is InChI=1S/C22H31N3O2S/c1-17-9-11-25(12-10-17)15-19-16-28-22(23-19)24-21(26)8-3-4-13-27-20-7-5-6-18(2)14-20/h5-7,14,16-17H,3-4,8-13,15H2,1-2H3,(H,23,24,26). The highest BCUT2D eigenvalue weighted by Crippen LogP contribution is 2.21. The molecule has 28 heavy (non-hydrogen) atoms. The van der Waals surface area contributed by atoms with E-state index >= 15 is 0 Å². The summed E-state index contributed by atoms with van der Waals surface area (Å²) in [4.78, 5) is 19.2. The van der Waals surface area contributed by atoms with Crippen molar-refractivity contribution in [2.75, 3.05) is 25.0 Å². The number of ether oxygens (including phenoxy) is 1. The number of nitrogens with one attached hydrogen (secondary N) is 1. The third kappa shape index (κ3) is 6.91. The number of nitrogens with zero attached hydrogens (tertiary/aromatic N) is 2. The molecule has 0 radical (unpaired) electrons. The highest BCUT2D eigenvalue weighted by molar-refractivity contribution is 7.13. The molecule has 5 nitrogen and oxygen atoms in total. The number of likely N-dealkylation sites (tertiary alicyclic amines) is 1. The molecule has 3 rings (SSSR count). The van der Waals surface area contributed by atoms with E-state index in [-0.39, 0.29) is 5.91 Å². The molecule has 1 saturated heterocycles. The van der Waals surface area contributed by atoms with Crippen molar-refractivity contribution in [3.05, 3.63) is 40.9 Å². The van der Waals surface area contributed by atoms with E-state index in [1.807, 2.05) is 31.2 Å². The third-order valence-electron chi connectivity index (χ3n) is 5.12. The number of hydrogen-bond acceptors (Lipinski definition) is 5. The summed E-state index contributed by atoms with van der Waals surface area (Å²) in [5.41, 5.74) is 2.25. The number of amides is 1. The fourth-order valence-electron chi connectivity index (χ4n) is 3.35. The van der Waals surface area contributed by atoms with Gasteiger partial charge in [-0.25, -0.2) is 4.98 Å². The van der Waals surface area contributed by atoms with Gasteiger partial charge in [0.1, 0.15) is 5.75 Å². The van der Waals surface area contributed by atoms with E-state index in [0.717, 1.165) is 49.8 Å². The number of piperidine rings is 1. The van der Waals surface area contributed by atoms with E-state index in [4.69, 9.17) is 4.74 Å². The van der Waals surface area contributed by atoms with Crippen molar-refractivity contribution in [3.63, 3.8) is 0 Å². The van der Waals surface area contributed by atoms with Crippen molar-refractivity contribution in [2.24, 2.45) is 5.92 Å². The molecule has 1 fully saturated rings. The molecular formula is C22H31N3O2S. The first-order chi connectivity index (χ1) is 13.6. The summed E-state index contributed by atoms with van der Waals surface area (Å²) < 4.78 is 5.72. The molecule has 1 aromatic carbocycles. The summed E-state index contributed by atoms with van der Waals surface area (Å²) in [7, 11) is 0. The van der Waals surface area contributed by atoms with E-state index in [9.17, 15) is 4.79 Å². The first-order valence-electron chi connectivity index (χ1n) is 10.2. The van der Waals surface area contributed by atoms with Crippen LogP contribution in [0.25, 0.3) is 0 Å². The van der Waals surface area contributed by atoms with Gasteiger partial charge in [0, 0.05) is 18.3 Å². The number of thiazole rings is 1. The number of unbranched alkanes of at least 4 members (excludes halogenated alkanes) is 1. The lowest BCUT2D eigenvalue weighted by molar-refractivity contribution is -0.116. The Bertz CT molecular complexity index is 754. The largest absolute Gasteiger partial charge is 0.494 e. The van der Waals surface area contributed by atoms with Crippen LogP contribution in [0.1, 0.15) is 50.3 Å². The van der Waals surface area contributed by atoms with Crippen LogP contribution in [0.5, 0.6) is 5.75 Å². The maximum absolute atomic E-state index is 12.1. The normalized spacial score (nSPS) is 15.5. The molecule has 2 heterocycles. The minimum absolute atomic E-state index is 0.0308. The van der Waals surface area contributed by atoms with Crippen molar-refractivity contribution in [1.82, 2.24) is 9.88 Å². The molecule has 6 heteroatoms. The smallest absolute Gasteiger partial charge is 0.226 e. The van der Waals surface area contributed by atoms with E-state index in [1.165, 1.54) is 29.7 Å². The van der Waals surface area contributed by atoms with Gasteiger partial charge in [-0.2, -0.15) is 0 Å². The van der Waals surface area contributed by atoms with Gasteiger partial charge in [0.05, 0.1) is 12.3 Å². The van der Waals surface area contributed by atoms with Gasteiger partial charge in [-0.3, -0.25) is 9.69 Å². The number of benzene rings is 1. The first kappa shape index (κ1) is 20.8. The summed E-state index contributed by atoms with van der Waals surface area (Å²) in [6.07, 6.45) is 4.69. The Morgan fingerprint density at radius 1 is 1.32 bits per heavy atom. The quantitative estimate of drug-likeness (QED) is 0.609. The van der Waals surface area contributed by atoms with Crippen LogP contribution in [-0.2, 0) is 11.3 Å². The fourth-order valence-corrected chi connectivity index (χ4v) is 4.07. The Balaban J connectivity index is 1.31. The zero-order chi connectivity index (χ0) is 19.8. The average molecular weight is 402 g/mol. The Labute approximate surface area is 172 Å². The van der Waals surface area contributed by atoms with Crippen molar-refractivity contribution in [1.29, 1.82) is 0 Å². The van der Waals surface area contributed by atoms with Gasteiger partial charge in [-0.05, 0) is 69.3 Å². The van der Waals surface area contributed by atoms with Crippen LogP contribution in [0, 0.1) is 12.8 Å². The molecule has 1 N–H and O–H groups in total. The molecule has 152 valence electrons. The van der Waals surface area contributed by atoms with Crippen LogP contribution in [-0.4, -0.2) is 35.5 Å². The number of rotatable bonds is 9. The molecule has 1 aromatic heterocycles. The zero-order valence-corrected chi connectivity index (χ0v) is 17.8. The number of aromatic nitrogens is 1. The number of anilines is 1. The van der Waals surface area contributed by atoms with E-state index in [2.05, 4.69) is 27.5 Å². The fraction of sp³-hybridized carbons (Fsp3) is 0.545. The van der Waals surface area contributed by atoms with E-state index < -0.39 is 0 Å². The van der Waals surface area contributed by atoms with Gasteiger partial charge in [0.2, 0.25) is 5.91 Å². The molecular weight excluding hydrogens is 370 g/mol. The lowest BCUT2D eigenvalue weighted by Gasteiger charge is -2.29. The first-order valence-corrected chi connectivity index (χ1v) is 11.1. The molecule has 1 amide bonds. The van der Waals surface area contributed by atoms with Gasteiger partial charge in [0.25, 0.3) is 0 Å². The van der Waals surface area contributed by atoms with Crippen LogP contribution in [0.4, 0.5) is 5.13 Å². The van der Waals surface area contributed by atoms with Crippen molar-refractivity contribution >= 4 is 22.4 Å². The summed E-state index contributed by atoms with van der Waals surface area (Å²) in [6.45, 7) is 8.18. The highest BCUT2D eigenvalue weighted by atomic mass is 32.1. The Morgan fingerprint density at radius 3 is 2.93 bits per heavy atom. The summed E-state index contributed by atoms with van der Waals surface area (Å²) in [5.74, 6) is 1.76. The second-order valence-electron chi connectivity index (χ2n) is 7.77. The van der Waals surface area contributed by atoms with E-state index in [0.29, 0.717) is 18.2 Å². The summed E-state index contributed by atoms with van der Waals surface area (Å²) in [6, 6.07) is 8.03. The number of carbonyl (C=O) groups excluding carboxylic acids is 1. The second kappa shape index (κ2) is 10.6. The Morgan fingerprint density at radius 2 is 2.14 bits per heavy atom. The predicted octanol–water partition coefficient (Wildman–Crippen LogP) is 4.87. The van der Waals surface area contributed by atoms with Crippen LogP contribution < -0.4 is 10.1 Å².